The number of nitrogens with one attached hydrogen (secondary N) is 1. The van der Waals surface area contributed by atoms with Crippen molar-refractivity contribution in [2.24, 2.45) is 5.92 Å². The maximum Gasteiger partial charge on any atom is 0.244 e. The first-order valence-electron chi connectivity index (χ1n) is 7.85. The van der Waals surface area contributed by atoms with E-state index in [1.165, 1.54) is 30.6 Å². The molecule has 0 radical (unpaired) electrons. The number of amides is 1. The van der Waals surface area contributed by atoms with Crippen molar-refractivity contribution in [2.45, 2.75) is 63.2 Å². The molecule has 1 spiro atoms. The van der Waals surface area contributed by atoms with E-state index in [0.29, 0.717) is 11.9 Å². The van der Waals surface area contributed by atoms with Crippen molar-refractivity contribution in [2.75, 3.05) is 0 Å². The number of nitrogens with zero attached hydrogens (tertiary/aromatic N) is 1. The van der Waals surface area contributed by atoms with Gasteiger partial charge in [-0.15, -0.1) is 11.3 Å². The van der Waals surface area contributed by atoms with Crippen LogP contribution in [0.1, 0.15) is 56.5 Å². The highest BCUT2D eigenvalue weighted by atomic mass is 32.1. The summed E-state index contributed by atoms with van der Waals surface area (Å²) in [6, 6.07) is 4.63. The van der Waals surface area contributed by atoms with Crippen molar-refractivity contribution in [3.63, 3.8) is 0 Å². The van der Waals surface area contributed by atoms with Gasteiger partial charge in [0.2, 0.25) is 5.91 Å². The molecule has 0 bridgehead atoms. The minimum Gasteiger partial charge on any atom is -0.317 e. The fraction of sp³-hybridized carbons (Fsp3) is 0.688. The molecule has 1 saturated heterocycles. The van der Waals surface area contributed by atoms with E-state index in [4.69, 9.17) is 0 Å². The lowest BCUT2D eigenvalue weighted by Gasteiger charge is -2.30. The van der Waals surface area contributed by atoms with Crippen LogP contribution in [0.25, 0.3) is 0 Å². The third kappa shape index (κ3) is 1.85. The first kappa shape index (κ1) is 12.8. The Morgan fingerprint density at radius 1 is 1.40 bits per heavy atom. The van der Waals surface area contributed by atoms with Crippen LogP contribution in [0.4, 0.5) is 0 Å². The summed E-state index contributed by atoms with van der Waals surface area (Å²) in [5.41, 5.74) is -0.252. The Morgan fingerprint density at radius 2 is 2.15 bits per heavy atom. The molecule has 3 nitrogen and oxygen atoms in total. The Balaban J connectivity index is 1.69. The fourth-order valence-corrected chi connectivity index (χ4v) is 4.75. The molecule has 3 aliphatic rings. The highest BCUT2D eigenvalue weighted by Gasteiger charge is 2.55. The molecule has 1 aromatic rings. The van der Waals surface area contributed by atoms with E-state index in [1.807, 2.05) is 0 Å². The summed E-state index contributed by atoms with van der Waals surface area (Å²) in [5, 5.41) is 5.83. The van der Waals surface area contributed by atoms with Crippen LogP contribution < -0.4 is 5.32 Å². The zero-order valence-electron chi connectivity index (χ0n) is 12.0. The number of hydrogen-bond donors (Lipinski definition) is 1. The molecule has 0 aromatic carbocycles. The summed E-state index contributed by atoms with van der Waals surface area (Å²) in [5.74, 6) is 1.09. The molecule has 2 atom stereocenters. The highest BCUT2D eigenvalue weighted by Crippen LogP contribution is 2.46. The summed E-state index contributed by atoms with van der Waals surface area (Å²) in [4.78, 5) is 16.5. The van der Waals surface area contributed by atoms with Crippen LogP contribution in [-0.2, 0) is 4.79 Å². The lowest BCUT2D eigenvalue weighted by atomic mass is 9.97. The molecule has 4 rings (SSSR count). The lowest BCUT2D eigenvalue weighted by molar-refractivity contribution is -0.135. The topological polar surface area (TPSA) is 32.3 Å². The van der Waals surface area contributed by atoms with Crippen LogP contribution in [0.5, 0.6) is 0 Å². The van der Waals surface area contributed by atoms with Crippen LogP contribution in [0, 0.1) is 5.92 Å². The van der Waals surface area contributed by atoms with E-state index in [2.05, 4.69) is 34.7 Å². The monoisotopic (exact) mass is 290 g/mol. The van der Waals surface area contributed by atoms with Crippen LogP contribution in [0.3, 0.4) is 0 Å². The van der Waals surface area contributed by atoms with Crippen molar-refractivity contribution >= 4 is 17.2 Å². The Hall–Kier alpha value is -0.870. The summed E-state index contributed by atoms with van der Waals surface area (Å²) in [7, 11) is 0. The van der Waals surface area contributed by atoms with Crippen molar-refractivity contribution in [3.05, 3.63) is 22.4 Å². The predicted octanol–water partition coefficient (Wildman–Crippen LogP) is 3.29. The molecule has 1 N–H and O–H groups in total. The van der Waals surface area contributed by atoms with Gasteiger partial charge in [-0.25, -0.2) is 0 Å². The Morgan fingerprint density at radius 3 is 2.75 bits per heavy atom. The van der Waals surface area contributed by atoms with Gasteiger partial charge in [-0.2, -0.15) is 0 Å². The van der Waals surface area contributed by atoms with Crippen molar-refractivity contribution in [3.8, 4) is 0 Å². The number of rotatable bonds is 3. The molecular formula is C16H22N2OS. The number of carbonyl (C=O) groups excluding carboxylic acids is 1. The summed E-state index contributed by atoms with van der Waals surface area (Å²) in [6.45, 7) is 2.24. The Kier molecular flexibility index (Phi) is 2.93. The van der Waals surface area contributed by atoms with Gasteiger partial charge in [0.05, 0.1) is 5.54 Å². The van der Waals surface area contributed by atoms with Gasteiger partial charge >= 0.3 is 0 Å². The molecule has 2 aliphatic carbocycles. The van der Waals surface area contributed by atoms with E-state index < -0.39 is 0 Å². The maximum absolute atomic E-state index is 13.1. The van der Waals surface area contributed by atoms with Crippen molar-refractivity contribution in [1.29, 1.82) is 0 Å². The van der Waals surface area contributed by atoms with Gasteiger partial charge in [0.15, 0.2) is 0 Å². The second-order valence-corrected chi connectivity index (χ2v) is 7.62. The van der Waals surface area contributed by atoms with Gasteiger partial charge in [0, 0.05) is 10.9 Å². The molecule has 3 fully saturated rings. The molecule has 108 valence electrons. The van der Waals surface area contributed by atoms with Crippen LogP contribution in [0.15, 0.2) is 17.5 Å². The fourth-order valence-electron chi connectivity index (χ4n) is 3.98. The molecule has 4 heteroatoms. The van der Waals surface area contributed by atoms with E-state index in [0.717, 1.165) is 18.8 Å². The molecule has 1 aliphatic heterocycles. The normalized spacial score (nSPS) is 30.4. The second-order valence-electron chi connectivity index (χ2n) is 6.64. The third-order valence-corrected chi connectivity index (χ3v) is 6.27. The molecule has 1 amide bonds. The smallest absolute Gasteiger partial charge is 0.244 e. The number of carbonyl (C=O) groups is 1. The van der Waals surface area contributed by atoms with E-state index >= 15 is 0 Å². The average molecular weight is 290 g/mol. The average Bonchev–Trinajstić information content (AvgIpc) is 2.90. The Bertz CT molecular complexity index is 503. The van der Waals surface area contributed by atoms with E-state index in [1.54, 1.807) is 11.3 Å². The summed E-state index contributed by atoms with van der Waals surface area (Å²) in [6.07, 6.45) is 7.08. The third-order valence-electron chi connectivity index (χ3n) is 5.35. The minimum atomic E-state index is -0.252. The standard InChI is InChI=1S/C16H22N2OS/c1-11(12-6-7-12)18-14(13-5-4-10-20-13)17-16(15(18)19)8-2-3-9-16/h4-5,10-12,14,17H,2-3,6-9H2,1H3. The van der Waals surface area contributed by atoms with Crippen molar-refractivity contribution < 1.29 is 4.79 Å². The van der Waals surface area contributed by atoms with Gasteiger partial charge in [-0.1, -0.05) is 18.9 Å². The first-order valence-corrected chi connectivity index (χ1v) is 8.73. The Labute approximate surface area is 124 Å². The zero-order chi connectivity index (χ0) is 13.7. The van der Waals surface area contributed by atoms with E-state index in [-0.39, 0.29) is 11.7 Å². The number of thiophene rings is 1. The van der Waals surface area contributed by atoms with Crippen LogP contribution >= 0.6 is 11.3 Å². The second kappa shape index (κ2) is 4.57. The molecule has 20 heavy (non-hydrogen) atoms. The zero-order valence-corrected chi connectivity index (χ0v) is 12.8. The first-order chi connectivity index (χ1) is 9.71. The lowest BCUT2D eigenvalue weighted by Crippen LogP contribution is -2.45. The SMILES string of the molecule is CC(C1CC1)N1C(=O)C2(CCCC2)NC1c1cccs1. The van der Waals surface area contributed by atoms with E-state index in [9.17, 15) is 4.79 Å². The largest absolute Gasteiger partial charge is 0.317 e. The summed E-state index contributed by atoms with van der Waals surface area (Å²) >= 11 is 1.76. The number of hydrogen-bond acceptors (Lipinski definition) is 3. The summed E-state index contributed by atoms with van der Waals surface area (Å²) < 4.78 is 0. The minimum absolute atomic E-state index is 0.108. The van der Waals surface area contributed by atoms with Crippen LogP contribution in [-0.4, -0.2) is 22.4 Å². The van der Waals surface area contributed by atoms with Crippen molar-refractivity contribution in [1.82, 2.24) is 10.2 Å². The van der Waals surface area contributed by atoms with Gasteiger partial charge < -0.3 is 4.90 Å². The molecule has 2 unspecified atom stereocenters. The molecule has 2 saturated carbocycles. The highest BCUT2D eigenvalue weighted by molar-refractivity contribution is 7.10. The maximum atomic E-state index is 13.1. The van der Waals surface area contributed by atoms with Gasteiger partial charge in [-0.3, -0.25) is 10.1 Å². The predicted molar refractivity (Wildman–Crippen MR) is 80.4 cm³/mol. The quantitative estimate of drug-likeness (QED) is 0.926. The van der Waals surface area contributed by atoms with Gasteiger partial charge in [0.25, 0.3) is 0 Å². The molecule has 1 aromatic heterocycles. The van der Waals surface area contributed by atoms with Gasteiger partial charge in [-0.05, 0) is 50.0 Å². The molecular weight excluding hydrogens is 268 g/mol. The molecule has 2 heterocycles. The van der Waals surface area contributed by atoms with Crippen LogP contribution in [0.2, 0.25) is 0 Å². The van der Waals surface area contributed by atoms with Gasteiger partial charge in [0.1, 0.15) is 6.17 Å².